The Hall–Kier alpha value is -3.46. The van der Waals surface area contributed by atoms with E-state index in [-0.39, 0.29) is 23.4 Å². The molecule has 0 fully saturated rings. The number of benzene rings is 2. The van der Waals surface area contributed by atoms with Crippen molar-refractivity contribution in [2.45, 2.75) is 13.5 Å². The minimum Gasteiger partial charge on any atom is -0.489 e. The van der Waals surface area contributed by atoms with E-state index >= 15 is 0 Å². The molecule has 0 saturated carbocycles. The Morgan fingerprint density at radius 1 is 1.21 bits per heavy atom. The third-order valence-corrected chi connectivity index (χ3v) is 4.53. The molecule has 1 heterocycles. The summed E-state index contributed by atoms with van der Waals surface area (Å²) in [5.41, 5.74) is 1.64. The van der Waals surface area contributed by atoms with Crippen LogP contribution >= 0.6 is 11.8 Å². The molecule has 142 valence electrons. The predicted octanol–water partition coefficient (Wildman–Crippen LogP) is 3.28. The number of ether oxygens (including phenoxy) is 1. The van der Waals surface area contributed by atoms with E-state index in [1.807, 2.05) is 0 Å². The molecule has 0 aromatic heterocycles. The van der Waals surface area contributed by atoms with E-state index in [1.54, 1.807) is 42.5 Å². The number of hydrogen-bond acceptors (Lipinski definition) is 6. The van der Waals surface area contributed by atoms with Gasteiger partial charge in [-0.3, -0.25) is 19.7 Å². The van der Waals surface area contributed by atoms with Crippen LogP contribution in [0.3, 0.4) is 0 Å². The van der Waals surface area contributed by atoms with Crippen molar-refractivity contribution in [3.63, 3.8) is 0 Å². The standard InChI is InChI=1S/C19H15N3O5S/c1-12(23)20-19-21-18(24)17(28-19)10-13-4-8-16(9-5-13)27-11-14-2-6-15(7-3-14)22(25)26/h2-10H,11H2,1H3,(H,20,21,23,24)/b17-10-. The summed E-state index contributed by atoms with van der Waals surface area (Å²) in [4.78, 5) is 37.3. The van der Waals surface area contributed by atoms with Gasteiger partial charge in [0.1, 0.15) is 12.4 Å². The Labute approximate surface area is 164 Å². The maximum absolute atomic E-state index is 11.9. The summed E-state index contributed by atoms with van der Waals surface area (Å²) < 4.78 is 5.67. The van der Waals surface area contributed by atoms with Crippen LogP contribution in [0.1, 0.15) is 18.1 Å². The van der Waals surface area contributed by atoms with Crippen molar-refractivity contribution >= 4 is 40.5 Å². The Balaban J connectivity index is 1.59. The van der Waals surface area contributed by atoms with Gasteiger partial charge in [-0.2, -0.15) is 4.99 Å². The van der Waals surface area contributed by atoms with Gasteiger partial charge >= 0.3 is 0 Å². The third kappa shape index (κ3) is 5.04. The summed E-state index contributed by atoms with van der Waals surface area (Å²) in [6.45, 7) is 1.63. The van der Waals surface area contributed by atoms with Crippen molar-refractivity contribution in [2.24, 2.45) is 4.99 Å². The smallest absolute Gasteiger partial charge is 0.286 e. The van der Waals surface area contributed by atoms with Crippen molar-refractivity contribution in [2.75, 3.05) is 0 Å². The number of amidine groups is 1. The lowest BCUT2D eigenvalue weighted by molar-refractivity contribution is -0.384. The monoisotopic (exact) mass is 397 g/mol. The number of thioether (sulfide) groups is 1. The second kappa shape index (κ2) is 8.49. The first kappa shape index (κ1) is 19.3. The number of non-ortho nitro benzene ring substituents is 1. The average molecular weight is 397 g/mol. The van der Waals surface area contributed by atoms with Gasteiger partial charge in [0.25, 0.3) is 11.6 Å². The van der Waals surface area contributed by atoms with Crippen LogP contribution in [-0.4, -0.2) is 21.9 Å². The number of amides is 2. The average Bonchev–Trinajstić information content (AvgIpc) is 2.99. The highest BCUT2D eigenvalue weighted by molar-refractivity contribution is 8.18. The molecule has 1 aliphatic rings. The molecular formula is C19H15N3O5S. The Bertz CT molecular complexity index is 982. The van der Waals surface area contributed by atoms with Crippen molar-refractivity contribution in [1.82, 2.24) is 5.32 Å². The van der Waals surface area contributed by atoms with Gasteiger partial charge in [-0.1, -0.05) is 12.1 Å². The summed E-state index contributed by atoms with van der Waals surface area (Å²) in [5.74, 6) is -0.0526. The maximum atomic E-state index is 11.9. The van der Waals surface area contributed by atoms with Gasteiger partial charge in [-0.05, 0) is 53.2 Å². The van der Waals surface area contributed by atoms with Gasteiger partial charge in [-0.25, -0.2) is 0 Å². The molecule has 0 atom stereocenters. The number of nitro benzene ring substituents is 1. The zero-order valence-electron chi connectivity index (χ0n) is 14.7. The summed E-state index contributed by atoms with van der Waals surface area (Å²) >= 11 is 1.11. The van der Waals surface area contributed by atoms with E-state index in [0.717, 1.165) is 22.9 Å². The van der Waals surface area contributed by atoms with Gasteiger partial charge in [0.2, 0.25) is 5.91 Å². The predicted molar refractivity (Wildman–Crippen MR) is 106 cm³/mol. The van der Waals surface area contributed by atoms with Crippen LogP contribution in [0.2, 0.25) is 0 Å². The molecule has 3 rings (SSSR count). The number of carbonyl (C=O) groups is 2. The lowest BCUT2D eigenvalue weighted by atomic mass is 10.2. The topological polar surface area (TPSA) is 111 Å². The highest BCUT2D eigenvalue weighted by Crippen LogP contribution is 2.28. The number of nitrogens with zero attached hydrogens (tertiary/aromatic N) is 2. The van der Waals surface area contributed by atoms with Gasteiger partial charge in [0.15, 0.2) is 5.17 Å². The first-order chi connectivity index (χ1) is 13.4. The van der Waals surface area contributed by atoms with Crippen LogP contribution in [0.4, 0.5) is 5.69 Å². The van der Waals surface area contributed by atoms with Crippen LogP contribution in [0.15, 0.2) is 58.4 Å². The van der Waals surface area contributed by atoms with Gasteiger partial charge < -0.3 is 10.1 Å². The highest BCUT2D eigenvalue weighted by atomic mass is 32.2. The van der Waals surface area contributed by atoms with Crippen molar-refractivity contribution < 1.29 is 19.2 Å². The van der Waals surface area contributed by atoms with Crippen LogP contribution in [0.25, 0.3) is 6.08 Å². The van der Waals surface area contributed by atoms with Crippen LogP contribution in [-0.2, 0) is 16.2 Å². The molecule has 28 heavy (non-hydrogen) atoms. The van der Waals surface area contributed by atoms with Gasteiger partial charge in [0.05, 0.1) is 9.83 Å². The SMILES string of the molecule is CC(=O)NC1=NC(=O)/C(=C/c2ccc(OCc3ccc([N+](=O)[O-])cc3)cc2)S1. The first-order valence-electron chi connectivity index (χ1n) is 8.17. The molecule has 2 aromatic rings. The fraction of sp³-hybridized carbons (Fsp3) is 0.105. The minimum atomic E-state index is -0.449. The van der Waals surface area contributed by atoms with E-state index < -0.39 is 10.8 Å². The summed E-state index contributed by atoms with van der Waals surface area (Å²) in [5, 5.41) is 13.4. The fourth-order valence-corrected chi connectivity index (χ4v) is 3.16. The fourth-order valence-electron chi connectivity index (χ4n) is 2.31. The van der Waals surface area contributed by atoms with Gasteiger partial charge in [0, 0.05) is 19.1 Å². The highest BCUT2D eigenvalue weighted by Gasteiger charge is 2.22. The van der Waals surface area contributed by atoms with E-state index in [1.165, 1.54) is 19.1 Å². The van der Waals surface area contributed by atoms with Crippen LogP contribution < -0.4 is 10.1 Å². The van der Waals surface area contributed by atoms with E-state index in [4.69, 9.17) is 4.74 Å². The second-order valence-electron chi connectivity index (χ2n) is 5.80. The Morgan fingerprint density at radius 3 is 2.50 bits per heavy atom. The molecule has 2 aromatic carbocycles. The Kier molecular flexibility index (Phi) is 5.85. The van der Waals surface area contributed by atoms with Crippen molar-refractivity contribution in [1.29, 1.82) is 0 Å². The third-order valence-electron chi connectivity index (χ3n) is 3.63. The van der Waals surface area contributed by atoms with Crippen molar-refractivity contribution in [3.8, 4) is 5.75 Å². The summed E-state index contributed by atoms with van der Waals surface area (Å²) in [6.07, 6.45) is 1.69. The number of hydrogen-bond donors (Lipinski definition) is 1. The molecule has 0 bridgehead atoms. The molecule has 0 aliphatic carbocycles. The van der Waals surface area contributed by atoms with Crippen LogP contribution in [0, 0.1) is 10.1 Å². The van der Waals surface area contributed by atoms with Crippen molar-refractivity contribution in [3.05, 3.63) is 74.7 Å². The molecule has 0 saturated heterocycles. The van der Waals surface area contributed by atoms with E-state index in [2.05, 4.69) is 10.3 Å². The number of nitrogens with one attached hydrogen (secondary N) is 1. The van der Waals surface area contributed by atoms with Crippen LogP contribution in [0.5, 0.6) is 5.75 Å². The molecule has 9 heteroatoms. The number of aliphatic imine (C=N–C) groups is 1. The minimum absolute atomic E-state index is 0.0334. The lowest BCUT2D eigenvalue weighted by Crippen LogP contribution is -2.23. The Morgan fingerprint density at radius 2 is 1.89 bits per heavy atom. The largest absolute Gasteiger partial charge is 0.489 e. The summed E-state index contributed by atoms with van der Waals surface area (Å²) in [7, 11) is 0. The molecule has 0 spiro atoms. The van der Waals surface area contributed by atoms with Gasteiger partial charge in [-0.15, -0.1) is 0 Å². The van der Waals surface area contributed by atoms with E-state index in [9.17, 15) is 19.7 Å². The molecule has 0 radical (unpaired) electrons. The molecule has 1 N–H and O–H groups in total. The molecule has 2 amide bonds. The molecule has 0 unspecified atom stereocenters. The second-order valence-corrected chi connectivity index (χ2v) is 6.83. The van der Waals surface area contributed by atoms with E-state index in [0.29, 0.717) is 10.7 Å². The zero-order valence-corrected chi connectivity index (χ0v) is 15.6. The zero-order chi connectivity index (χ0) is 20.1. The maximum Gasteiger partial charge on any atom is 0.286 e. The molecule has 1 aliphatic heterocycles. The number of rotatable bonds is 5. The number of nitro groups is 1. The first-order valence-corrected chi connectivity index (χ1v) is 8.99. The lowest BCUT2D eigenvalue weighted by Gasteiger charge is -2.06. The number of carbonyl (C=O) groups excluding carboxylic acids is 2. The molecular weight excluding hydrogens is 382 g/mol. The summed E-state index contributed by atoms with van der Waals surface area (Å²) in [6, 6.07) is 13.3. The normalized spacial score (nSPS) is 14.7. The quantitative estimate of drug-likeness (QED) is 0.471. The molecule has 8 nitrogen and oxygen atoms in total.